The Hall–Kier alpha value is -2.65. The Labute approximate surface area is 134 Å². The topological polar surface area (TPSA) is 75.0 Å². The smallest absolute Gasteiger partial charge is 0.347 e. The van der Waals surface area contributed by atoms with Gasteiger partial charge < -0.3 is 9.88 Å². The lowest BCUT2D eigenvalue weighted by Gasteiger charge is -2.35. The van der Waals surface area contributed by atoms with E-state index in [1.165, 1.54) is 6.07 Å². The second kappa shape index (κ2) is 5.46. The quantitative estimate of drug-likeness (QED) is 0.778. The van der Waals surface area contributed by atoms with Crippen LogP contribution in [0.3, 0.4) is 0 Å². The molecule has 0 aromatic carbocycles. The van der Waals surface area contributed by atoms with Gasteiger partial charge in [-0.2, -0.15) is 17.7 Å². The van der Waals surface area contributed by atoms with Crippen molar-refractivity contribution in [1.29, 1.82) is 0 Å². The molecular formula is C14H14F3N7. The Bertz CT molecular complexity index is 840. The summed E-state index contributed by atoms with van der Waals surface area (Å²) in [6.07, 6.45) is 1.64. The number of hydrogen-bond donors (Lipinski definition) is 1. The first kappa shape index (κ1) is 14.9. The van der Waals surface area contributed by atoms with E-state index in [2.05, 4.69) is 25.3 Å². The first-order chi connectivity index (χ1) is 11.5. The monoisotopic (exact) mass is 337 g/mol. The first-order valence-corrected chi connectivity index (χ1v) is 7.59. The Morgan fingerprint density at radius 3 is 2.79 bits per heavy atom. The molecule has 0 spiro atoms. The summed E-state index contributed by atoms with van der Waals surface area (Å²) in [4.78, 5) is 9.34. The van der Waals surface area contributed by atoms with Gasteiger partial charge in [-0.15, -0.1) is 15.3 Å². The van der Waals surface area contributed by atoms with E-state index < -0.39 is 12.0 Å². The number of hydrogen-bond acceptors (Lipinski definition) is 5. The molecule has 0 aliphatic carbocycles. The maximum absolute atomic E-state index is 13.0. The van der Waals surface area contributed by atoms with Crippen LogP contribution >= 0.6 is 0 Å². The van der Waals surface area contributed by atoms with Gasteiger partial charge in [0.15, 0.2) is 5.65 Å². The fourth-order valence-corrected chi connectivity index (χ4v) is 3.06. The lowest BCUT2D eigenvalue weighted by molar-refractivity contribution is -0.146. The summed E-state index contributed by atoms with van der Waals surface area (Å²) in [6.45, 7) is 0.702. The van der Waals surface area contributed by atoms with E-state index >= 15 is 0 Å². The minimum Gasteiger partial charge on any atom is -0.347 e. The zero-order chi connectivity index (χ0) is 16.7. The molecule has 1 aliphatic heterocycles. The van der Waals surface area contributed by atoms with Gasteiger partial charge >= 0.3 is 6.18 Å². The van der Waals surface area contributed by atoms with Gasteiger partial charge in [0.25, 0.3) is 5.82 Å². The molecule has 1 unspecified atom stereocenters. The molecule has 1 saturated heterocycles. The zero-order valence-electron chi connectivity index (χ0n) is 12.5. The van der Waals surface area contributed by atoms with E-state index in [1.807, 2.05) is 4.90 Å². The van der Waals surface area contributed by atoms with E-state index in [4.69, 9.17) is 0 Å². The number of H-pyrrole nitrogens is 1. The lowest BCUT2D eigenvalue weighted by Crippen LogP contribution is -2.35. The fraction of sp³-hybridized carbons (Fsp3) is 0.429. The van der Waals surface area contributed by atoms with Gasteiger partial charge in [0.05, 0.1) is 6.04 Å². The molecule has 0 amide bonds. The Balaban J connectivity index is 1.77. The lowest BCUT2D eigenvalue weighted by atomic mass is 10.0. The number of nitrogens with one attached hydrogen (secondary N) is 1. The molecule has 4 heterocycles. The molecule has 126 valence electrons. The zero-order valence-corrected chi connectivity index (χ0v) is 12.5. The highest BCUT2D eigenvalue weighted by atomic mass is 19.4. The highest BCUT2D eigenvalue weighted by Gasteiger charge is 2.38. The van der Waals surface area contributed by atoms with E-state index in [9.17, 15) is 13.2 Å². The van der Waals surface area contributed by atoms with Crippen LogP contribution in [0.25, 0.3) is 5.65 Å². The SMILES string of the molecule is FC(F)(F)c1nnc2ccc(N3CCCCC3c3ncc[nH]3)nn12. The van der Waals surface area contributed by atoms with Gasteiger partial charge in [-0.1, -0.05) is 0 Å². The average molecular weight is 337 g/mol. The van der Waals surface area contributed by atoms with Crippen molar-refractivity contribution >= 4 is 11.5 Å². The van der Waals surface area contributed by atoms with Gasteiger partial charge in [-0.25, -0.2) is 4.98 Å². The minimum atomic E-state index is -4.60. The number of piperidine rings is 1. The number of aromatic amines is 1. The van der Waals surface area contributed by atoms with E-state index in [0.29, 0.717) is 12.4 Å². The molecule has 1 atom stereocenters. The second-order valence-electron chi connectivity index (χ2n) is 5.66. The molecule has 0 radical (unpaired) electrons. The number of aromatic nitrogens is 6. The molecule has 4 rings (SSSR count). The summed E-state index contributed by atoms with van der Waals surface area (Å²) in [6, 6.07) is 3.13. The van der Waals surface area contributed by atoms with Crippen LogP contribution in [0.5, 0.6) is 0 Å². The number of nitrogens with zero attached hydrogens (tertiary/aromatic N) is 6. The molecule has 3 aromatic rings. The molecule has 24 heavy (non-hydrogen) atoms. The molecule has 1 fully saturated rings. The van der Waals surface area contributed by atoms with Crippen LogP contribution < -0.4 is 4.90 Å². The highest BCUT2D eigenvalue weighted by Crippen LogP contribution is 2.33. The summed E-state index contributed by atoms with van der Waals surface area (Å²) < 4.78 is 39.9. The first-order valence-electron chi connectivity index (χ1n) is 7.59. The minimum absolute atomic E-state index is 0.0375. The van der Waals surface area contributed by atoms with Gasteiger partial charge in [-0.3, -0.25) is 0 Å². The summed E-state index contributed by atoms with van der Waals surface area (Å²) in [5, 5.41) is 10.9. The number of alkyl halides is 3. The van der Waals surface area contributed by atoms with Gasteiger partial charge in [0, 0.05) is 18.9 Å². The predicted octanol–water partition coefficient (Wildman–Crippen LogP) is 2.60. The van der Waals surface area contributed by atoms with Crippen molar-refractivity contribution in [2.24, 2.45) is 0 Å². The van der Waals surface area contributed by atoms with Gasteiger partial charge in [0.1, 0.15) is 11.6 Å². The molecule has 1 aliphatic rings. The predicted molar refractivity (Wildman–Crippen MR) is 78.3 cm³/mol. The number of fused-ring (bicyclic) bond motifs is 1. The van der Waals surface area contributed by atoms with Crippen LogP contribution in [-0.2, 0) is 6.18 Å². The summed E-state index contributed by atoms with van der Waals surface area (Å²) in [7, 11) is 0. The third-order valence-electron chi connectivity index (χ3n) is 4.13. The maximum atomic E-state index is 13.0. The number of rotatable bonds is 2. The van der Waals surface area contributed by atoms with Crippen molar-refractivity contribution in [3.63, 3.8) is 0 Å². The van der Waals surface area contributed by atoms with Crippen LogP contribution in [0.15, 0.2) is 24.5 Å². The van der Waals surface area contributed by atoms with Crippen molar-refractivity contribution in [2.75, 3.05) is 11.4 Å². The number of imidazole rings is 1. The largest absolute Gasteiger partial charge is 0.453 e. The second-order valence-corrected chi connectivity index (χ2v) is 5.66. The number of halogens is 3. The van der Waals surface area contributed by atoms with E-state index in [0.717, 1.165) is 29.6 Å². The molecule has 0 bridgehead atoms. The van der Waals surface area contributed by atoms with Crippen molar-refractivity contribution in [3.05, 3.63) is 36.2 Å². The van der Waals surface area contributed by atoms with E-state index in [-0.39, 0.29) is 11.7 Å². The third-order valence-corrected chi connectivity index (χ3v) is 4.13. The van der Waals surface area contributed by atoms with Crippen molar-refractivity contribution in [1.82, 2.24) is 29.8 Å². The Morgan fingerprint density at radius 2 is 2.04 bits per heavy atom. The summed E-state index contributed by atoms with van der Waals surface area (Å²) in [5.74, 6) is 0.121. The molecule has 10 heteroatoms. The molecule has 1 N–H and O–H groups in total. The summed E-state index contributed by atoms with van der Waals surface area (Å²) >= 11 is 0. The maximum Gasteiger partial charge on any atom is 0.453 e. The van der Waals surface area contributed by atoms with Crippen LogP contribution in [0.4, 0.5) is 19.0 Å². The average Bonchev–Trinajstić information content (AvgIpc) is 3.23. The van der Waals surface area contributed by atoms with Gasteiger partial charge in [0.2, 0.25) is 0 Å². The van der Waals surface area contributed by atoms with Crippen LogP contribution in [0.1, 0.15) is 37.0 Å². The fourth-order valence-electron chi connectivity index (χ4n) is 3.06. The van der Waals surface area contributed by atoms with Crippen LogP contribution in [-0.4, -0.2) is 36.3 Å². The van der Waals surface area contributed by atoms with Crippen molar-refractivity contribution < 1.29 is 13.2 Å². The standard InChI is InChI=1S/C14H14F3N7/c15-14(16,17)13-21-20-10-4-5-11(22-24(10)13)23-8-2-1-3-9(23)12-18-6-7-19-12/h4-7,9H,1-3,8H2,(H,18,19). The van der Waals surface area contributed by atoms with E-state index in [1.54, 1.807) is 18.5 Å². The molecular weight excluding hydrogens is 323 g/mol. The normalized spacial score (nSPS) is 19.1. The molecule has 0 saturated carbocycles. The third kappa shape index (κ3) is 2.47. The van der Waals surface area contributed by atoms with Crippen LogP contribution in [0, 0.1) is 0 Å². The van der Waals surface area contributed by atoms with Crippen molar-refractivity contribution in [2.45, 2.75) is 31.5 Å². The van der Waals surface area contributed by atoms with Crippen molar-refractivity contribution in [3.8, 4) is 0 Å². The van der Waals surface area contributed by atoms with Crippen LogP contribution in [0.2, 0.25) is 0 Å². The highest BCUT2D eigenvalue weighted by molar-refractivity contribution is 5.47. The number of anilines is 1. The Kier molecular flexibility index (Phi) is 3.39. The molecule has 7 nitrogen and oxygen atoms in total. The summed E-state index contributed by atoms with van der Waals surface area (Å²) in [5.41, 5.74) is 0.0673. The Morgan fingerprint density at radius 1 is 1.17 bits per heavy atom. The molecule has 3 aromatic heterocycles. The van der Waals surface area contributed by atoms with Gasteiger partial charge in [-0.05, 0) is 31.4 Å².